The molecule has 2 heterocycles. The van der Waals surface area contributed by atoms with E-state index >= 15 is 0 Å². The number of fused-ring (bicyclic) bond motifs is 1. The topological polar surface area (TPSA) is 47.0 Å². The van der Waals surface area contributed by atoms with E-state index in [1.54, 1.807) is 6.07 Å². The summed E-state index contributed by atoms with van der Waals surface area (Å²) in [6, 6.07) is 15.9. The summed E-state index contributed by atoms with van der Waals surface area (Å²) >= 11 is 0. The molecule has 0 saturated carbocycles. The molecule has 29 heavy (non-hydrogen) atoms. The van der Waals surface area contributed by atoms with Crippen LogP contribution >= 0.6 is 0 Å². The van der Waals surface area contributed by atoms with Gasteiger partial charge in [-0.3, -0.25) is 9.69 Å². The summed E-state index contributed by atoms with van der Waals surface area (Å²) in [5, 5.41) is 9.65. The Balaban J connectivity index is 1.10. The van der Waals surface area contributed by atoms with Gasteiger partial charge in [-0.1, -0.05) is 36.8 Å². The number of hydrogen-bond donors (Lipinski definition) is 1. The van der Waals surface area contributed by atoms with Crippen molar-refractivity contribution >= 4 is 11.6 Å². The minimum atomic E-state index is 0.293. The highest BCUT2D eigenvalue weighted by molar-refractivity contribution is 5.76. The van der Waals surface area contributed by atoms with E-state index in [2.05, 4.69) is 40.1 Å². The average Bonchev–Trinajstić information content (AvgIpc) is 3.18. The summed E-state index contributed by atoms with van der Waals surface area (Å²) in [5.41, 5.74) is 3.70. The average molecular weight is 394 g/mol. The van der Waals surface area contributed by atoms with Gasteiger partial charge in [-0.25, -0.2) is 0 Å². The monoisotopic (exact) mass is 393 g/mol. The first-order valence-electron chi connectivity index (χ1n) is 10.8. The summed E-state index contributed by atoms with van der Waals surface area (Å²) in [6.45, 7) is 6.77. The molecule has 1 saturated heterocycles. The Morgan fingerprint density at radius 2 is 1.59 bits per heavy atom. The second kappa shape index (κ2) is 9.31. The van der Waals surface area contributed by atoms with Crippen LogP contribution in [-0.4, -0.2) is 53.5 Å². The highest BCUT2D eigenvalue weighted by Crippen LogP contribution is 2.24. The van der Waals surface area contributed by atoms with Crippen molar-refractivity contribution in [3.05, 3.63) is 59.7 Å². The summed E-state index contributed by atoms with van der Waals surface area (Å²) in [5.74, 6) is 0.623. The molecule has 2 aliphatic heterocycles. The van der Waals surface area contributed by atoms with E-state index in [4.69, 9.17) is 0 Å². The van der Waals surface area contributed by atoms with E-state index in [1.807, 2.05) is 17.0 Å². The number of aromatic hydroxyl groups is 1. The molecule has 0 bridgehead atoms. The van der Waals surface area contributed by atoms with Gasteiger partial charge >= 0.3 is 0 Å². The second-order valence-electron chi connectivity index (χ2n) is 8.18. The lowest BCUT2D eigenvalue weighted by atomic mass is 10.1. The van der Waals surface area contributed by atoms with Gasteiger partial charge in [-0.05, 0) is 42.6 Å². The van der Waals surface area contributed by atoms with Crippen molar-refractivity contribution < 1.29 is 9.90 Å². The Labute approximate surface area is 173 Å². The zero-order chi connectivity index (χ0) is 20.1. The number of carbonyl (C=O) groups excluding carboxylic acids is 1. The molecule has 0 radical (unpaired) electrons. The fourth-order valence-corrected chi connectivity index (χ4v) is 4.38. The SMILES string of the molecule is O=C(CCCCCN1CCN(c2cccc(O)c2)CC1)N1Cc2ccccc2C1. The molecule has 2 aromatic carbocycles. The zero-order valence-electron chi connectivity index (χ0n) is 17.1. The van der Waals surface area contributed by atoms with Crippen molar-refractivity contribution in [3.63, 3.8) is 0 Å². The Morgan fingerprint density at radius 1 is 0.862 bits per heavy atom. The summed E-state index contributed by atoms with van der Waals surface area (Å²) in [6.07, 6.45) is 3.91. The number of hydrogen-bond acceptors (Lipinski definition) is 4. The molecule has 1 N–H and O–H groups in total. The molecule has 1 amide bonds. The van der Waals surface area contributed by atoms with Crippen LogP contribution in [0, 0.1) is 0 Å². The normalized spacial score (nSPS) is 16.8. The first kappa shape index (κ1) is 19.8. The Hall–Kier alpha value is -2.53. The van der Waals surface area contributed by atoms with Gasteiger partial charge in [0.05, 0.1) is 0 Å². The molecular weight excluding hydrogens is 362 g/mol. The van der Waals surface area contributed by atoms with Crippen molar-refractivity contribution in [1.29, 1.82) is 0 Å². The van der Waals surface area contributed by atoms with Crippen LogP contribution in [0.1, 0.15) is 36.8 Å². The van der Waals surface area contributed by atoms with E-state index in [0.717, 1.165) is 70.8 Å². The number of benzene rings is 2. The Kier molecular flexibility index (Phi) is 6.35. The van der Waals surface area contributed by atoms with Crippen molar-refractivity contribution in [1.82, 2.24) is 9.80 Å². The minimum Gasteiger partial charge on any atom is -0.508 e. The van der Waals surface area contributed by atoms with Crippen molar-refractivity contribution in [2.45, 2.75) is 38.8 Å². The van der Waals surface area contributed by atoms with E-state index < -0.39 is 0 Å². The van der Waals surface area contributed by atoms with Gasteiger partial charge in [0.1, 0.15) is 5.75 Å². The van der Waals surface area contributed by atoms with Crippen LogP contribution in [0.3, 0.4) is 0 Å². The highest BCUT2D eigenvalue weighted by Gasteiger charge is 2.22. The number of rotatable bonds is 7. The number of anilines is 1. The third-order valence-corrected chi connectivity index (χ3v) is 6.13. The fourth-order valence-electron chi connectivity index (χ4n) is 4.38. The van der Waals surface area contributed by atoms with Gasteiger partial charge in [0, 0.05) is 57.4 Å². The van der Waals surface area contributed by atoms with E-state index in [0.29, 0.717) is 18.1 Å². The maximum absolute atomic E-state index is 12.5. The number of nitrogens with zero attached hydrogens (tertiary/aromatic N) is 3. The van der Waals surface area contributed by atoms with Crippen LogP contribution in [0.25, 0.3) is 0 Å². The molecule has 4 rings (SSSR count). The second-order valence-corrected chi connectivity index (χ2v) is 8.18. The van der Waals surface area contributed by atoms with Gasteiger partial charge in [0.2, 0.25) is 5.91 Å². The molecule has 1 fully saturated rings. The maximum atomic E-state index is 12.5. The van der Waals surface area contributed by atoms with E-state index in [-0.39, 0.29) is 0 Å². The molecule has 0 spiro atoms. The van der Waals surface area contributed by atoms with Crippen LogP contribution in [0.5, 0.6) is 5.75 Å². The Morgan fingerprint density at radius 3 is 2.28 bits per heavy atom. The Bertz CT molecular complexity index is 805. The van der Waals surface area contributed by atoms with Crippen LogP contribution in [0.15, 0.2) is 48.5 Å². The summed E-state index contributed by atoms with van der Waals surface area (Å²) < 4.78 is 0. The smallest absolute Gasteiger partial charge is 0.223 e. The quantitative estimate of drug-likeness (QED) is 0.730. The van der Waals surface area contributed by atoms with Gasteiger partial charge in [0.15, 0.2) is 0 Å². The summed E-state index contributed by atoms with van der Waals surface area (Å²) in [4.78, 5) is 19.3. The van der Waals surface area contributed by atoms with Gasteiger partial charge in [-0.2, -0.15) is 0 Å². The number of piperazine rings is 1. The molecule has 154 valence electrons. The molecule has 0 aromatic heterocycles. The van der Waals surface area contributed by atoms with Crippen LogP contribution in [0.2, 0.25) is 0 Å². The predicted octanol–water partition coefficient (Wildman–Crippen LogP) is 3.62. The number of carbonyl (C=O) groups is 1. The third kappa shape index (κ3) is 5.10. The van der Waals surface area contributed by atoms with Crippen LogP contribution in [-0.2, 0) is 17.9 Å². The van der Waals surface area contributed by atoms with E-state index in [9.17, 15) is 9.90 Å². The number of phenolic OH excluding ortho intramolecular Hbond substituents is 1. The molecule has 5 heteroatoms. The predicted molar refractivity (Wildman–Crippen MR) is 116 cm³/mol. The molecule has 0 unspecified atom stereocenters. The molecule has 2 aliphatic rings. The zero-order valence-corrected chi connectivity index (χ0v) is 17.1. The molecule has 0 aliphatic carbocycles. The lowest BCUT2D eigenvalue weighted by Gasteiger charge is -2.36. The third-order valence-electron chi connectivity index (χ3n) is 6.13. The van der Waals surface area contributed by atoms with Crippen LogP contribution in [0.4, 0.5) is 5.69 Å². The van der Waals surface area contributed by atoms with Crippen molar-refractivity contribution in [2.75, 3.05) is 37.6 Å². The first-order chi connectivity index (χ1) is 14.2. The van der Waals surface area contributed by atoms with Crippen molar-refractivity contribution in [2.24, 2.45) is 0 Å². The lowest BCUT2D eigenvalue weighted by molar-refractivity contribution is -0.131. The fraction of sp³-hybridized carbons (Fsp3) is 0.458. The first-order valence-corrected chi connectivity index (χ1v) is 10.8. The molecule has 5 nitrogen and oxygen atoms in total. The van der Waals surface area contributed by atoms with Gasteiger partial charge in [-0.15, -0.1) is 0 Å². The largest absolute Gasteiger partial charge is 0.508 e. The standard InChI is InChI=1S/C24H31N3O2/c28-23-10-6-9-22(17-23)26-15-13-25(14-16-26)12-5-1-2-11-24(29)27-18-20-7-3-4-8-21(20)19-27/h3-4,6-10,17,28H,1-2,5,11-16,18-19H2. The van der Waals surface area contributed by atoms with Gasteiger partial charge in [0.25, 0.3) is 0 Å². The number of phenols is 1. The highest BCUT2D eigenvalue weighted by atomic mass is 16.3. The maximum Gasteiger partial charge on any atom is 0.223 e. The number of unbranched alkanes of at least 4 members (excludes halogenated alkanes) is 2. The summed E-state index contributed by atoms with van der Waals surface area (Å²) in [7, 11) is 0. The van der Waals surface area contributed by atoms with Crippen LogP contribution < -0.4 is 4.90 Å². The van der Waals surface area contributed by atoms with E-state index in [1.165, 1.54) is 11.1 Å². The van der Waals surface area contributed by atoms with Crippen molar-refractivity contribution in [3.8, 4) is 5.75 Å². The molecule has 2 aromatic rings. The lowest BCUT2D eigenvalue weighted by Crippen LogP contribution is -2.46. The minimum absolute atomic E-state index is 0.293. The number of amides is 1. The van der Waals surface area contributed by atoms with Gasteiger partial charge < -0.3 is 14.9 Å². The molecular formula is C24H31N3O2. The molecule has 0 atom stereocenters.